The molecule has 2 rings (SSSR count). The van der Waals surface area contributed by atoms with Crippen LogP contribution in [-0.4, -0.2) is 33.0 Å². The van der Waals surface area contributed by atoms with Gasteiger partial charge in [-0.25, -0.2) is 0 Å². The van der Waals surface area contributed by atoms with Crippen molar-refractivity contribution in [3.05, 3.63) is 29.8 Å². The molecule has 1 heterocycles. The van der Waals surface area contributed by atoms with Gasteiger partial charge >= 0.3 is 0 Å². The molecule has 4 nitrogen and oxygen atoms in total. The minimum Gasteiger partial charge on any atom is -0.497 e. The molecule has 2 N–H and O–H groups in total. The van der Waals surface area contributed by atoms with Gasteiger partial charge in [-0.15, -0.1) is 0 Å². The van der Waals surface area contributed by atoms with Gasteiger partial charge in [0.2, 0.25) is 0 Å². The Bertz CT molecular complexity index is 402. The van der Waals surface area contributed by atoms with Gasteiger partial charge in [0.15, 0.2) is 0 Å². The molecule has 0 bridgehead atoms. The van der Waals surface area contributed by atoms with E-state index in [0.29, 0.717) is 5.92 Å². The quantitative estimate of drug-likeness (QED) is 0.869. The fourth-order valence-corrected chi connectivity index (χ4v) is 2.52. The normalized spacial score (nSPS) is 19.6. The van der Waals surface area contributed by atoms with E-state index in [1.807, 2.05) is 31.2 Å². The van der Waals surface area contributed by atoms with Gasteiger partial charge in [0.1, 0.15) is 5.75 Å². The van der Waals surface area contributed by atoms with Crippen LogP contribution in [0.25, 0.3) is 0 Å². The Morgan fingerprint density at radius 3 is 2.75 bits per heavy atom. The largest absolute Gasteiger partial charge is 0.497 e. The molecule has 1 aromatic rings. The number of benzene rings is 1. The smallest absolute Gasteiger partial charge is 0.119 e. The monoisotopic (exact) mass is 279 g/mol. The van der Waals surface area contributed by atoms with Crippen molar-refractivity contribution in [3.8, 4) is 5.75 Å². The van der Waals surface area contributed by atoms with Crippen LogP contribution in [0.2, 0.25) is 0 Å². The van der Waals surface area contributed by atoms with Gasteiger partial charge < -0.3 is 19.9 Å². The van der Waals surface area contributed by atoms with Crippen molar-refractivity contribution in [2.24, 2.45) is 11.7 Å². The Hall–Kier alpha value is -1.10. The predicted molar refractivity (Wildman–Crippen MR) is 78.9 cm³/mol. The molecule has 20 heavy (non-hydrogen) atoms. The van der Waals surface area contributed by atoms with E-state index < -0.39 is 0 Å². The fourth-order valence-electron chi connectivity index (χ4n) is 2.52. The van der Waals surface area contributed by atoms with Gasteiger partial charge in [-0.2, -0.15) is 0 Å². The maximum Gasteiger partial charge on any atom is 0.119 e. The van der Waals surface area contributed by atoms with Crippen molar-refractivity contribution in [2.75, 3.05) is 26.9 Å². The molecular formula is C16H25NO3. The summed E-state index contributed by atoms with van der Waals surface area (Å²) in [5.41, 5.74) is 7.16. The topological polar surface area (TPSA) is 53.7 Å². The maximum atomic E-state index is 6.09. The van der Waals surface area contributed by atoms with Crippen molar-refractivity contribution < 1.29 is 14.2 Å². The summed E-state index contributed by atoms with van der Waals surface area (Å²) in [6.45, 7) is 4.41. The zero-order valence-electron chi connectivity index (χ0n) is 12.4. The molecule has 112 valence electrons. The number of hydrogen-bond donors (Lipinski definition) is 1. The Labute approximate surface area is 121 Å². The van der Waals surface area contributed by atoms with Gasteiger partial charge in [0.25, 0.3) is 0 Å². The lowest BCUT2D eigenvalue weighted by atomic mass is 10.0. The van der Waals surface area contributed by atoms with E-state index >= 15 is 0 Å². The molecule has 0 saturated carbocycles. The lowest BCUT2D eigenvalue weighted by Gasteiger charge is -2.27. The first kappa shape index (κ1) is 15.3. The zero-order valence-corrected chi connectivity index (χ0v) is 12.4. The average Bonchev–Trinajstić information content (AvgIpc) is 2.48. The van der Waals surface area contributed by atoms with Crippen molar-refractivity contribution >= 4 is 0 Å². The Kier molecular flexibility index (Phi) is 5.83. The van der Waals surface area contributed by atoms with Crippen LogP contribution in [0.1, 0.15) is 31.4 Å². The summed E-state index contributed by atoms with van der Waals surface area (Å²) in [6, 6.07) is 7.89. The van der Waals surface area contributed by atoms with Crippen molar-refractivity contribution in [3.63, 3.8) is 0 Å². The Morgan fingerprint density at radius 2 is 2.10 bits per heavy atom. The number of methoxy groups -OCH3 is 1. The van der Waals surface area contributed by atoms with Crippen molar-refractivity contribution in [1.29, 1.82) is 0 Å². The van der Waals surface area contributed by atoms with Crippen LogP contribution in [-0.2, 0) is 9.47 Å². The van der Waals surface area contributed by atoms with Crippen molar-refractivity contribution in [1.82, 2.24) is 0 Å². The number of rotatable bonds is 6. The van der Waals surface area contributed by atoms with E-state index in [9.17, 15) is 0 Å². The van der Waals surface area contributed by atoms with Crippen LogP contribution < -0.4 is 10.5 Å². The zero-order chi connectivity index (χ0) is 14.4. The summed E-state index contributed by atoms with van der Waals surface area (Å²) < 4.78 is 16.7. The van der Waals surface area contributed by atoms with E-state index in [0.717, 1.165) is 44.0 Å². The first-order valence-corrected chi connectivity index (χ1v) is 7.29. The third-order valence-electron chi connectivity index (χ3n) is 3.75. The molecule has 1 fully saturated rings. The summed E-state index contributed by atoms with van der Waals surface area (Å²) in [5.74, 6) is 1.42. The third kappa shape index (κ3) is 4.20. The van der Waals surface area contributed by atoms with Crippen molar-refractivity contribution in [2.45, 2.75) is 31.9 Å². The lowest BCUT2D eigenvalue weighted by Crippen LogP contribution is -2.29. The Morgan fingerprint density at radius 1 is 1.35 bits per heavy atom. The highest BCUT2D eigenvalue weighted by Gasteiger charge is 2.21. The molecule has 1 aromatic carbocycles. The van der Waals surface area contributed by atoms with E-state index in [1.54, 1.807) is 7.11 Å². The SMILES string of the molecule is COc1cccc(C(OCC2CCOCC2)C(C)N)c1. The van der Waals surface area contributed by atoms with Crippen LogP contribution >= 0.6 is 0 Å². The minimum absolute atomic E-state index is 0.0538. The fraction of sp³-hybridized carbons (Fsp3) is 0.625. The van der Waals surface area contributed by atoms with Crippen LogP contribution in [0, 0.1) is 5.92 Å². The maximum absolute atomic E-state index is 6.09. The first-order chi connectivity index (χ1) is 9.70. The molecule has 0 radical (unpaired) electrons. The number of nitrogens with two attached hydrogens (primary N) is 1. The van der Waals surface area contributed by atoms with Crippen LogP contribution in [0.5, 0.6) is 5.75 Å². The second kappa shape index (κ2) is 7.62. The molecule has 1 aliphatic rings. The second-order valence-electron chi connectivity index (χ2n) is 5.45. The molecule has 1 aliphatic heterocycles. The summed E-state index contributed by atoms with van der Waals surface area (Å²) in [4.78, 5) is 0. The van der Waals surface area contributed by atoms with E-state index in [1.165, 1.54) is 0 Å². The third-order valence-corrected chi connectivity index (χ3v) is 3.75. The van der Waals surface area contributed by atoms with Gasteiger partial charge in [-0.1, -0.05) is 12.1 Å². The van der Waals surface area contributed by atoms with Crippen LogP contribution in [0.4, 0.5) is 0 Å². The highest BCUT2D eigenvalue weighted by Crippen LogP contribution is 2.26. The molecule has 0 aromatic heterocycles. The summed E-state index contributed by atoms with van der Waals surface area (Å²) in [5, 5.41) is 0. The number of hydrogen-bond acceptors (Lipinski definition) is 4. The average molecular weight is 279 g/mol. The summed E-state index contributed by atoms with van der Waals surface area (Å²) >= 11 is 0. The lowest BCUT2D eigenvalue weighted by molar-refractivity contribution is -0.0188. The van der Waals surface area contributed by atoms with E-state index in [4.69, 9.17) is 19.9 Å². The van der Waals surface area contributed by atoms with Crippen LogP contribution in [0.15, 0.2) is 24.3 Å². The molecule has 2 unspecified atom stereocenters. The summed E-state index contributed by atoms with van der Waals surface area (Å²) in [6.07, 6.45) is 2.06. The standard InChI is InChI=1S/C16H25NO3/c1-12(17)16(14-4-3-5-15(10-14)18-2)20-11-13-6-8-19-9-7-13/h3-5,10,12-13,16H,6-9,11,17H2,1-2H3. The van der Waals surface area contributed by atoms with E-state index in [-0.39, 0.29) is 12.1 Å². The highest BCUT2D eigenvalue weighted by molar-refractivity contribution is 5.30. The summed E-state index contributed by atoms with van der Waals surface area (Å²) in [7, 11) is 1.67. The van der Waals surface area contributed by atoms with Gasteiger partial charge in [-0.3, -0.25) is 0 Å². The molecule has 0 spiro atoms. The first-order valence-electron chi connectivity index (χ1n) is 7.29. The Balaban J connectivity index is 1.98. The minimum atomic E-state index is -0.0899. The number of ether oxygens (including phenoxy) is 3. The molecule has 1 saturated heterocycles. The predicted octanol–water partition coefficient (Wildman–Crippen LogP) is 2.53. The van der Waals surface area contributed by atoms with Crippen LogP contribution in [0.3, 0.4) is 0 Å². The van der Waals surface area contributed by atoms with Gasteiger partial charge in [0.05, 0.1) is 19.8 Å². The molecule has 0 amide bonds. The molecular weight excluding hydrogens is 254 g/mol. The van der Waals surface area contributed by atoms with E-state index in [2.05, 4.69) is 0 Å². The highest BCUT2D eigenvalue weighted by atomic mass is 16.5. The second-order valence-corrected chi connectivity index (χ2v) is 5.45. The van der Waals surface area contributed by atoms with Gasteiger partial charge in [-0.05, 0) is 43.4 Å². The van der Waals surface area contributed by atoms with Gasteiger partial charge in [0, 0.05) is 19.3 Å². The molecule has 4 heteroatoms. The molecule has 0 aliphatic carbocycles. The molecule has 2 atom stereocenters.